The van der Waals surface area contributed by atoms with Crippen molar-refractivity contribution in [1.82, 2.24) is 19.9 Å². The van der Waals surface area contributed by atoms with E-state index in [2.05, 4.69) is 24.8 Å². The van der Waals surface area contributed by atoms with E-state index in [4.69, 9.17) is 0 Å². The Labute approximate surface area is 119 Å². The summed E-state index contributed by atoms with van der Waals surface area (Å²) in [6, 6.07) is 2.74. The first-order valence-electron chi connectivity index (χ1n) is 7.62. The fourth-order valence-electron chi connectivity index (χ4n) is 3.41. The van der Waals surface area contributed by atoms with Crippen LogP contribution in [-0.4, -0.2) is 52.1 Å². The molecule has 0 aromatic carbocycles. The largest absolute Gasteiger partial charge is 0.357 e. The van der Waals surface area contributed by atoms with Gasteiger partial charge in [0, 0.05) is 25.3 Å². The number of anilines is 1. The van der Waals surface area contributed by atoms with Crippen molar-refractivity contribution < 1.29 is 0 Å². The van der Waals surface area contributed by atoms with Crippen LogP contribution in [0.1, 0.15) is 25.1 Å². The first kappa shape index (κ1) is 12.1. The highest BCUT2D eigenvalue weighted by Crippen LogP contribution is 2.28. The highest BCUT2D eigenvalue weighted by Gasteiger charge is 2.34. The topological polar surface area (TPSA) is 48.1 Å². The Hall–Kier alpha value is -1.62. The highest BCUT2D eigenvalue weighted by atomic mass is 15.3. The standard InChI is InChI=1S/C15H21N5/c1-11-17-13-5-6-16-14(13)15(18-11)20-9-12(10-20)19-7-3-2-4-8-19/h5-6,12,16H,2-4,7-10H2,1H3. The zero-order chi connectivity index (χ0) is 13.5. The molecule has 0 radical (unpaired) electrons. The summed E-state index contributed by atoms with van der Waals surface area (Å²) in [5, 5.41) is 0. The van der Waals surface area contributed by atoms with Gasteiger partial charge in [-0.1, -0.05) is 6.42 Å². The van der Waals surface area contributed by atoms with Gasteiger partial charge < -0.3 is 9.88 Å². The number of nitrogens with one attached hydrogen (secondary N) is 1. The van der Waals surface area contributed by atoms with E-state index in [1.54, 1.807) is 0 Å². The number of aromatic amines is 1. The number of H-pyrrole nitrogens is 1. The number of aromatic nitrogens is 3. The average Bonchev–Trinajstić information content (AvgIpc) is 2.86. The van der Waals surface area contributed by atoms with E-state index in [0.717, 1.165) is 41.8 Å². The zero-order valence-electron chi connectivity index (χ0n) is 12.0. The second-order valence-electron chi connectivity index (χ2n) is 5.99. The minimum absolute atomic E-state index is 0.718. The van der Waals surface area contributed by atoms with Gasteiger partial charge in [0.25, 0.3) is 0 Å². The lowest BCUT2D eigenvalue weighted by molar-refractivity contribution is 0.138. The van der Waals surface area contributed by atoms with Gasteiger partial charge in [-0.15, -0.1) is 0 Å². The van der Waals surface area contributed by atoms with Gasteiger partial charge in [-0.05, 0) is 38.9 Å². The van der Waals surface area contributed by atoms with Crippen molar-refractivity contribution in [2.24, 2.45) is 0 Å². The third-order valence-corrected chi connectivity index (χ3v) is 4.57. The summed E-state index contributed by atoms with van der Waals surface area (Å²) in [7, 11) is 0. The van der Waals surface area contributed by atoms with Crippen LogP contribution in [0.15, 0.2) is 12.3 Å². The van der Waals surface area contributed by atoms with Gasteiger partial charge in [0.1, 0.15) is 11.3 Å². The number of rotatable bonds is 2. The molecule has 20 heavy (non-hydrogen) atoms. The molecule has 2 saturated heterocycles. The Bertz CT molecular complexity index is 608. The minimum atomic E-state index is 0.718. The van der Waals surface area contributed by atoms with Gasteiger partial charge >= 0.3 is 0 Å². The maximum atomic E-state index is 4.64. The molecular formula is C15H21N5. The molecule has 106 valence electrons. The smallest absolute Gasteiger partial charge is 0.156 e. The quantitative estimate of drug-likeness (QED) is 0.907. The first-order chi connectivity index (χ1) is 9.81. The Morgan fingerprint density at radius 3 is 2.75 bits per heavy atom. The summed E-state index contributed by atoms with van der Waals surface area (Å²) in [6.45, 7) is 6.73. The molecule has 0 atom stereocenters. The molecule has 2 fully saturated rings. The maximum Gasteiger partial charge on any atom is 0.156 e. The number of nitrogens with zero attached hydrogens (tertiary/aromatic N) is 4. The molecule has 0 saturated carbocycles. The normalized spacial score (nSPS) is 21.4. The van der Waals surface area contributed by atoms with Crippen LogP contribution in [0.3, 0.4) is 0 Å². The van der Waals surface area contributed by atoms with Crippen LogP contribution < -0.4 is 4.90 Å². The van der Waals surface area contributed by atoms with E-state index in [1.165, 1.54) is 32.4 Å². The highest BCUT2D eigenvalue weighted by molar-refractivity contribution is 5.86. The predicted molar refractivity (Wildman–Crippen MR) is 80.1 cm³/mol. The van der Waals surface area contributed by atoms with Crippen molar-refractivity contribution in [2.75, 3.05) is 31.1 Å². The van der Waals surface area contributed by atoms with Crippen molar-refractivity contribution in [2.45, 2.75) is 32.2 Å². The average molecular weight is 271 g/mol. The lowest BCUT2D eigenvalue weighted by Crippen LogP contribution is -2.60. The van der Waals surface area contributed by atoms with Crippen LogP contribution in [-0.2, 0) is 0 Å². The third-order valence-electron chi connectivity index (χ3n) is 4.57. The number of hydrogen-bond donors (Lipinski definition) is 1. The van der Waals surface area contributed by atoms with Crippen molar-refractivity contribution in [3.63, 3.8) is 0 Å². The van der Waals surface area contributed by atoms with E-state index >= 15 is 0 Å². The van der Waals surface area contributed by atoms with Gasteiger partial charge in [-0.3, -0.25) is 4.90 Å². The first-order valence-corrected chi connectivity index (χ1v) is 7.62. The van der Waals surface area contributed by atoms with Gasteiger partial charge in [-0.25, -0.2) is 9.97 Å². The maximum absolute atomic E-state index is 4.64. The van der Waals surface area contributed by atoms with E-state index < -0.39 is 0 Å². The molecule has 5 heteroatoms. The van der Waals surface area contributed by atoms with Crippen molar-refractivity contribution in [3.05, 3.63) is 18.1 Å². The third kappa shape index (κ3) is 1.97. The van der Waals surface area contributed by atoms with Crippen LogP contribution in [0.2, 0.25) is 0 Å². The predicted octanol–water partition coefficient (Wildman–Crippen LogP) is 1.94. The molecule has 2 aliphatic rings. The molecule has 4 rings (SSSR count). The van der Waals surface area contributed by atoms with Gasteiger partial charge in [0.05, 0.1) is 5.52 Å². The second-order valence-corrected chi connectivity index (χ2v) is 5.99. The SMILES string of the molecule is Cc1nc(N2CC(N3CCCCC3)C2)c2[nH]ccc2n1. The minimum Gasteiger partial charge on any atom is -0.357 e. The van der Waals surface area contributed by atoms with Gasteiger partial charge in [-0.2, -0.15) is 0 Å². The molecule has 0 bridgehead atoms. The molecule has 0 spiro atoms. The van der Waals surface area contributed by atoms with Crippen molar-refractivity contribution in [3.8, 4) is 0 Å². The molecule has 0 aliphatic carbocycles. The van der Waals surface area contributed by atoms with Crippen LogP contribution in [0, 0.1) is 6.92 Å². The van der Waals surface area contributed by atoms with Crippen LogP contribution >= 0.6 is 0 Å². The van der Waals surface area contributed by atoms with Gasteiger partial charge in [0.15, 0.2) is 5.82 Å². The number of aryl methyl sites for hydroxylation is 1. The Kier molecular flexibility index (Phi) is 2.88. The molecule has 1 N–H and O–H groups in total. The number of likely N-dealkylation sites (tertiary alicyclic amines) is 1. The molecule has 2 aromatic rings. The lowest BCUT2D eigenvalue weighted by atomic mass is 10.0. The second kappa shape index (κ2) is 4.74. The Morgan fingerprint density at radius 2 is 1.95 bits per heavy atom. The van der Waals surface area contributed by atoms with Crippen LogP contribution in [0.25, 0.3) is 11.0 Å². The summed E-state index contributed by atoms with van der Waals surface area (Å²) in [4.78, 5) is 17.4. The number of fused-ring (bicyclic) bond motifs is 1. The van der Waals surface area contributed by atoms with Crippen molar-refractivity contribution >= 4 is 16.9 Å². The molecule has 2 aliphatic heterocycles. The summed E-state index contributed by atoms with van der Waals surface area (Å²) >= 11 is 0. The molecule has 4 heterocycles. The lowest BCUT2D eigenvalue weighted by Gasteiger charge is -2.47. The monoisotopic (exact) mass is 271 g/mol. The Balaban J connectivity index is 1.52. The fourth-order valence-corrected chi connectivity index (χ4v) is 3.41. The van der Waals surface area contributed by atoms with Crippen LogP contribution in [0.4, 0.5) is 5.82 Å². The molecule has 0 unspecified atom stereocenters. The Morgan fingerprint density at radius 1 is 1.15 bits per heavy atom. The van der Waals surface area contributed by atoms with Crippen LogP contribution in [0.5, 0.6) is 0 Å². The van der Waals surface area contributed by atoms with E-state index in [9.17, 15) is 0 Å². The number of hydrogen-bond acceptors (Lipinski definition) is 4. The van der Waals surface area contributed by atoms with E-state index in [-0.39, 0.29) is 0 Å². The number of piperidine rings is 1. The summed E-state index contributed by atoms with van der Waals surface area (Å²) in [5.74, 6) is 1.93. The zero-order valence-corrected chi connectivity index (χ0v) is 12.0. The molecular weight excluding hydrogens is 250 g/mol. The summed E-state index contributed by atoms with van der Waals surface area (Å²) in [6.07, 6.45) is 6.08. The van der Waals surface area contributed by atoms with E-state index in [0.29, 0.717) is 0 Å². The summed E-state index contributed by atoms with van der Waals surface area (Å²) in [5.41, 5.74) is 2.10. The van der Waals surface area contributed by atoms with E-state index in [1.807, 2.05) is 19.2 Å². The fraction of sp³-hybridized carbons (Fsp3) is 0.600. The van der Waals surface area contributed by atoms with Crippen molar-refractivity contribution in [1.29, 1.82) is 0 Å². The molecule has 0 amide bonds. The molecule has 2 aromatic heterocycles. The summed E-state index contributed by atoms with van der Waals surface area (Å²) < 4.78 is 0. The van der Waals surface area contributed by atoms with Gasteiger partial charge in [0.2, 0.25) is 0 Å². The molecule has 5 nitrogen and oxygen atoms in total.